The summed E-state index contributed by atoms with van der Waals surface area (Å²) in [5.41, 5.74) is 2.86. The van der Waals surface area contributed by atoms with Gasteiger partial charge in [0.15, 0.2) is 0 Å². The first kappa shape index (κ1) is 17.3. The van der Waals surface area contributed by atoms with Crippen molar-refractivity contribution >= 4 is 11.6 Å². The lowest BCUT2D eigenvalue weighted by Crippen LogP contribution is -2.33. The highest BCUT2D eigenvalue weighted by Crippen LogP contribution is 2.24. The molecule has 5 nitrogen and oxygen atoms in total. The van der Waals surface area contributed by atoms with Gasteiger partial charge in [0.05, 0.1) is 5.69 Å². The Kier molecular flexibility index (Phi) is 4.92. The van der Waals surface area contributed by atoms with Crippen LogP contribution in [0.5, 0.6) is 0 Å². The first-order valence-corrected chi connectivity index (χ1v) is 9.36. The van der Waals surface area contributed by atoms with Crippen LogP contribution >= 0.6 is 0 Å². The maximum atomic E-state index is 12.9. The van der Waals surface area contributed by atoms with Crippen LogP contribution in [0.15, 0.2) is 73.1 Å². The molecule has 0 saturated carbocycles. The van der Waals surface area contributed by atoms with Crippen LogP contribution in [-0.4, -0.2) is 47.3 Å². The van der Waals surface area contributed by atoms with Crippen molar-refractivity contribution in [2.75, 3.05) is 31.6 Å². The Morgan fingerprint density at radius 3 is 2.70 bits per heavy atom. The molecule has 138 valence electrons. The number of anilines is 1. The number of rotatable bonds is 5. The summed E-state index contributed by atoms with van der Waals surface area (Å²) in [6.07, 6.45) is 4.73. The molecule has 27 heavy (non-hydrogen) atoms. The number of carbonyl (C=O) groups is 1. The number of nitrogens with zero attached hydrogens (tertiary/aromatic N) is 4. The first-order valence-electron chi connectivity index (χ1n) is 9.36. The minimum absolute atomic E-state index is 0.0576. The predicted octanol–water partition coefficient (Wildman–Crippen LogP) is 3.47. The van der Waals surface area contributed by atoms with Gasteiger partial charge in [-0.25, -0.2) is 4.68 Å². The van der Waals surface area contributed by atoms with E-state index in [0.29, 0.717) is 11.5 Å². The van der Waals surface area contributed by atoms with Crippen LogP contribution in [0.4, 0.5) is 5.69 Å². The van der Waals surface area contributed by atoms with E-state index in [4.69, 9.17) is 0 Å². The van der Waals surface area contributed by atoms with Crippen LogP contribution in [0, 0.1) is 5.92 Å². The minimum atomic E-state index is 0.0576. The van der Waals surface area contributed by atoms with Gasteiger partial charge in [-0.05, 0) is 48.7 Å². The summed E-state index contributed by atoms with van der Waals surface area (Å²) in [5, 5.41) is 4.24. The number of hydrogen-bond donors (Lipinski definition) is 0. The van der Waals surface area contributed by atoms with E-state index >= 15 is 0 Å². The maximum Gasteiger partial charge on any atom is 0.253 e. The van der Waals surface area contributed by atoms with Gasteiger partial charge < -0.3 is 9.80 Å². The van der Waals surface area contributed by atoms with Crippen molar-refractivity contribution in [3.8, 4) is 5.69 Å². The Morgan fingerprint density at radius 1 is 1.11 bits per heavy atom. The minimum Gasteiger partial charge on any atom is -0.371 e. The van der Waals surface area contributed by atoms with Crippen molar-refractivity contribution < 1.29 is 4.79 Å². The van der Waals surface area contributed by atoms with Gasteiger partial charge in [-0.1, -0.05) is 24.3 Å². The van der Waals surface area contributed by atoms with Crippen molar-refractivity contribution in [1.29, 1.82) is 0 Å². The van der Waals surface area contributed by atoms with E-state index in [1.807, 2.05) is 54.5 Å². The van der Waals surface area contributed by atoms with E-state index < -0.39 is 0 Å². The van der Waals surface area contributed by atoms with E-state index in [0.717, 1.165) is 31.7 Å². The monoisotopic (exact) mass is 360 g/mol. The van der Waals surface area contributed by atoms with E-state index in [1.54, 1.807) is 10.9 Å². The fourth-order valence-corrected chi connectivity index (χ4v) is 3.75. The Labute approximate surface area is 159 Å². The second kappa shape index (κ2) is 7.66. The zero-order valence-corrected chi connectivity index (χ0v) is 15.5. The molecule has 3 aromatic rings. The molecule has 1 atom stereocenters. The average molecular weight is 360 g/mol. The van der Waals surface area contributed by atoms with Crippen molar-refractivity contribution in [2.45, 2.75) is 6.42 Å². The number of para-hydroxylation sites is 1. The lowest BCUT2D eigenvalue weighted by molar-refractivity contribution is 0.0776. The Morgan fingerprint density at radius 2 is 1.93 bits per heavy atom. The molecule has 5 heteroatoms. The molecular formula is C22H24N4O. The van der Waals surface area contributed by atoms with Gasteiger partial charge in [-0.15, -0.1) is 0 Å². The van der Waals surface area contributed by atoms with Crippen LogP contribution in [0.25, 0.3) is 5.69 Å². The van der Waals surface area contributed by atoms with E-state index in [2.05, 4.69) is 34.3 Å². The molecule has 1 unspecified atom stereocenters. The standard InChI is InChI=1S/C22H24N4O/c1-24(16-18-11-14-25(17-18)20-8-3-2-4-9-20)22(27)19-7-5-10-21(15-19)26-13-6-12-23-26/h2-10,12-13,15,18H,11,14,16-17H2,1H3. The molecule has 2 aromatic carbocycles. The van der Waals surface area contributed by atoms with Crippen LogP contribution in [-0.2, 0) is 0 Å². The molecule has 0 bridgehead atoms. The predicted molar refractivity (Wildman–Crippen MR) is 107 cm³/mol. The molecule has 1 fully saturated rings. The lowest BCUT2D eigenvalue weighted by Gasteiger charge is -2.23. The van der Waals surface area contributed by atoms with Crippen molar-refractivity contribution in [3.05, 3.63) is 78.6 Å². The van der Waals surface area contributed by atoms with E-state index in [9.17, 15) is 4.79 Å². The Balaban J connectivity index is 1.39. The summed E-state index contributed by atoms with van der Waals surface area (Å²) in [6, 6.07) is 20.0. The number of benzene rings is 2. The smallest absolute Gasteiger partial charge is 0.253 e. The fraction of sp³-hybridized carbons (Fsp3) is 0.273. The van der Waals surface area contributed by atoms with Gasteiger partial charge in [-0.2, -0.15) is 5.10 Å². The molecule has 4 rings (SSSR count). The van der Waals surface area contributed by atoms with Crippen molar-refractivity contribution in [1.82, 2.24) is 14.7 Å². The van der Waals surface area contributed by atoms with Gasteiger partial charge in [-0.3, -0.25) is 4.79 Å². The SMILES string of the molecule is CN(CC1CCN(c2ccccc2)C1)C(=O)c1cccc(-n2cccn2)c1. The van der Waals surface area contributed by atoms with Crippen molar-refractivity contribution in [2.24, 2.45) is 5.92 Å². The lowest BCUT2D eigenvalue weighted by atomic mass is 10.1. The summed E-state index contributed by atoms with van der Waals surface area (Å²) >= 11 is 0. The molecule has 0 radical (unpaired) electrons. The highest BCUT2D eigenvalue weighted by atomic mass is 16.2. The average Bonchev–Trinajstić information content (AvgIpc) is 3.40. The third kappa shape index (κ3) is 3.87. The van der Waals surface area contributed by atoms with Crippen LogP contribution in [0.3, 0.4) is 0 Å². The molecular weight excluding hydrogens is 336 g/mol. The number of carbonyl (C=O) groups excluding carboxylic acids is 1. The molecule has 0 spiro atoms. The maximum absolute atomic E-state index is 12.9. The van der Waals surface area contributed by atoms with Gasteiger partial charge in [0.2, 0.25) is 0 Å². The topological polar surface area (TPSA) is 41.4 Å². The summed E-state index contributed by atoms with van der Waals surface area (Å²) in [6.45, 7) is 2.81. The summed E-state index contributed by atoms with van der Waals surface area (Å²) < 4.78 is 1.77. The number of aromatic nitrogens is 2. The molecule has 1 amide bonds. The molecule has 1 saturated heterocycles. The second-order valence-corrected chi connectivity index (χ2v) is 7.12. The van der Waals surface area contributed by atoms with Gasteiger partial charge in [0, 0.05) is 50.3 Å². The summed E-state index contributed by atoms with van der Waals surface area (Å²) in [4.78, 5) is 17.1. The van der Waals surface area contributed by atoms with Gasteiger partial charge >= 0.3 is 0 Å². The second-order valence-electron chi connectivity index (χ2n) is 7.12. The third-order valence-corrected chi connectivity index (χ3v) is 5.15. The fourth-order valence-electron chi connectivity index (χ4n) is 3.75. The normalized spacial score (nSPS) is 16.5. The van der Waals surface area contributed by atoms with Crippen LogP contribution < -0.4 is 4.90 Å². The van der Waals surface area contributed by atoms with Crippen LogP contribution in [0.1, 0.15) is 16.8 Å². The molecule has 1 aliphatic rings. The zero-order valence-electron chi connectivity index (χ0n) is 15.5. The molecule has 0 aliphatic carbocycles. The molecule has 1 aliphatic heterocycles. The Bertz CT molecular complexity index is 892. The van der Waals surface area contributed by atoms with Crippen molar-refractivity contribution in [3.63, 3.8) is 0 Å². The largest absolute Gasteiger partial charge is 0.371 e. The number of hydrogen-bond acceptors (Lipinski definition) is 3. The first-order chi connectivity index (χ1) is 13.2. The number of amides is 1. The van der Waals surface area contributed by atoms with Gasteiger partial charge in [0.1, 0.15) is 0 Å². The van der Waals surface area contributed by atoms with Gasteiger partial charge in [0.25, 0.3) is 5.91 Å². The summed E-state index contributed by atoms with van der Waals surface area (Å²) in [5.74, 6) is 0.552. The molecule has 2 heterocycles. The molecule has 0 N–H and O–H groups in total. The molecule has 1 aromatic heterocycles. The summed E-state index contributed by atoms with van der Waals surface area (Å²) in [7, 11) is 1.90. The Hall–Kier alpha value is -3.08. The quantitative estimate of drug-likeness (QED) is 0.700. The zero-order chi connectivity index (χ0) is 18.6. The third-order valence-electron chi connectivity index (χ3n) is 5.15. The van der Waals surface area contributed by atoms with E-state index in [-0.39, 0.29) is 5.91 Å². The highest BCUT2D eigenvalue weighted by molar-refractivity contribution is 5.94. The van der Waals surface area contributed by atoms with E-state index in [1.165, 1.54) is 5.69 Å². The van der Waals surface area contributed by atoms with Crippen LogP contribution in [0.2, 0.25) is 0 Å². The highest BCUT2D eigenvalue weighted by Gasteiger charge is 2.25.